The number of ether oxygens (including phenoxy) is 2. The smallest absolute Gasteiger partial charge is 0.342 e. The van der Waals surface area contributed by atoms with E-state index in [-0.39, 0.29) is 22.8 Å². The highest BCUT2D eigenvalue weighted by molar-refractivity contribution is 7.92. The third kappa shape index (κ3) is 4.03. The number of sulfonamides is 1. The van der Waals surface area contributed by atoms with E-state index in [0.29, 0.717) is 31.0 Å². The first-order valence-electron chi connectivity index (χ1n) is 10.2. The molecule has 0 atom stereocenters. The molecule has 0 radical (unpaired) electrons. The topological polar surface area (TPSA) is 117 Å². The highest BCUT2D eigenvalue weighted by Gasteiger charge is 2.31. The van der Waals surface area contributed by atoms with Crippen molar-refractivity contribution in [3.8, 4) is 5.75 Å². The Morgan fingerprint density at radius 1 is 1.19 bits per heavy atom. The summed E-state index contributed by atoms with van der Waals surface area (Å²) in [5.74, 6) is -0.118. The first-order valence-corrected chi connectivity index (χ1v) is 11.6. The van der Waals surface area contributed by atoms with Crippen molar-refractivity contribution >= 4 is 21.7 Å². The van der Waals surface area contributed by atoms with E-state index in [1.54, 1.807) is 16.8 Å². The summed E-state index contributed by atoms with van der Waals surface area (Å²) in [6.45, 7) is 2.76. The number of aryl methyl sites for hydroxylation is 1. The summed E-state index contributed by atoms with van der Waals surface area (Å²) < 4.78 is 40.2. The first-order chi connectivity index (χ1) is 15.5. The minimum absolute atomic E-state index is 0.00979. The van der Waals surface area contributed by atoms with Gasteiger partial charge in [-0.2, -0.15) is 0 Å². The van der Waals surface area contributed by atoms with E-state index in [0.717, 1.165) is 12.0 Å². The highest BCUT2D eigenvalue weighted by Crippen LogP contribution is 2.34. The zero-order valence-corrected chi connectivity index (χ0v) is 18.6. The highest BCUT2D eigenvalue weighted by atomic mass is 32.2. The minimum Gasteiger partial charge on any atom is -0.496 e. The Hall–Kier alpha value is -3.47. The fraction of sp³-hybridized carbons (Fsp3) is 0.333. The molecule has 2 aromatic carbocycles. The molecule has 0 spiro atoms. The van der Waals surface area contributed by atoms with Gasteiger partial charge in [-0.1, -0.05) is 25.1 Å². The SMILES string of the molecule is CCCn1nnnc1COC(=O)c1cc(S(=O)(=O)N2CCc3ccccc32)ccc1OC. The number of esters is 1. The number of hydrogen-bond donors (Lipinski definition) is 0. The van der Waals surface area contributed by atoms with Gasteiger partial charge in [0, 0.05) is 13.1 Å². The fourth-order valence-electron chi connectivity index (χ4n) is 3.61. The lowest BCUT2D eigenvalue weighted by molar-refractivity contribution is 0.0452. The molecule has 0 saturated carbocycles. The Balaban J connectivity index is 1.60. The van der Waals surface area contributed by atoms with Crippen LogP contribution in [0.5, 0.6) is 5.75 Å². The van der Waals surface area contributed by atoms with Crippen LogP contribution >= 0.6 is 0 Å². The van der Waals surface area contributed by atoms with Crippen LogP contribution in [0.4, 0.5) is 5.69 Å². The quantitative estimate of drug-likeness (QED) is 0.473. The van der Waals surface area contributed by atoms with E-state index in [2.05, 4.69) is 15.5 Å². The second kappa shape index (κ2) is 8.95. The van der Waals surface area contributed by atoms with E-state index in [1.165, 1.54) is 29.6 Å². The van der Waals surface area contributed by atoms with Crippen LogP contribution in [0.2, 0.25) is 0 Å². The maximum absolute atomic E-state index is 13.3. The van der Waals surface area contributed by atoms with E-state index < -0.39 is 16.0 Å². The number of para-hydroxylation sites is 1. The number of tetrazole rings is 1. The molecule has 32 heavy (non-hydrogen) atoms. The van der Waals surface area contributed by atoms with Gasteiger partial charge in [0.25, 0.3) is 10.0 Å². The summed E-state index contributed by atoms with van der Waals surface area (Å²) in [7, 11) is -2.47. The lowest BCUT2D eigenvalue weighted by Crippen LogP contribution is -2.29. The van der Waals surface area contributed by atoms with Gasteiger partial charge in [-0.25, -0.2) is 17.9 Å². The predicted molar refractivity (Wildman–Crippen MR) is 115 cm³/mol. The van der Waals surface area contributed by atoms with Crippen LogP contribution in [-0.4, -0.2) is 48.2 Å². The van der Waals surface area contributed by atoms with Crippen LogP contribution in [0.3, 0.4) is 0 Å². The average molecular weight is 458 g/mol. The van der Waals surface area contributed by atoms with Crippen molar-refractivity contribution in [1.82, 2.24) is 20.2 Å². The van der Waals surface area contributed by atoms with Gasteiger partial charge in [-0.05, 0) is 53.1 Å². The number of anilines is 1. The second-order valence-corrected chi connectivity index (χ2v) is 9.07. The second-order valence-electron chi connectivity index (χ2n) is 7.21. The van der Waals surface area contributed by atoms with Crippen LogP contribution in [0, 0.1) is 0 Å². The number of fused-ring (bicyclic) bond motifs is 1. The van der Waals surface area contributed by atoms with Crippen molar-refractivity contribution in [3.63, 3.8) is 0 Å². The zero-order valence-electron chi connectivity index (χ0n) is 17.8. The van der Waals surface area contributed by atoms with Crippen LogP contribution in [0.15, 0.2) is 47.4 Å². The van der Waals surface area contributed by atoms with E-state index >= 15 is 0 Å². The fourth-order valence-corrected chi connectivity index (χ4v) is 5.14. The molecule has 0 aliphatic carbocycles. The normalized spacial score (nSPS) is 13.1. The number of rotatable bonds is 8. The largest absolute Gasteiger partial charge is 0.496 e. The van der Waals surface area contributed by atoms with Crippen molar-refractivity contribution in [2.75, 3.05) is 18.0 Å². The average Bonchev–Trinajstić information content (AvgIpc) is 3.44. The molecule has 168 valence electrons. The monoisotopic (exact) mass is 457 g/mol. The van der Waals surface area contributed by atoms with Crippen LogP contribution in [0.25, 0.3) is 0 Å². The van der Waals surface area contributed by atoms with Gasteiger partial charge in [-0.15, -0.1) is 5.10 Å². The molecule has 3 aromatic rings. The summed E-state index contributed by atoms with van der Waals surface area (Å²) in [4.78, 5) is 12.8. The molecule has 0 amide bonds. The number of benzene rings is 2. The minimum atomic E-state index is -3.87. The van der Waals surface area contributed by atoms with Gasteiger partial charge in [0.15, 0.2) is 12.4 Å². The molecule has 4 rings (SSSR count). The van der Waals surface area contributed by atoms with E-state index in [1.807, 2.05) is 19.1 Å². The number of carbonyl (C=O) groups excluding carboxylic acids is 1. The first kappa shape index (κ1) is 21.8. The van der Waals surface area contributed by atoms with Crippen molar-refractivity contribution in [1.29, 1.82) is 0 Å². The molecule has 0 N–H and O–H groups in total. The van der Waals surface area contributed by atoms with Gasteiger partial charge >= 0.3 is 5.97 Å². The van der Waals surface area contributed by atoms with Gasteiger partial charge < -0.3 is 9.47 Å². The molecule has 1 aromatic heterocycles. The summed E-state index contributed by atoms with van der Waals surface area (Å²) in [5, 5.41) is 11.3. The lowest BCUT2D eigenvalue weighted by atomic mass is 10.2. The summed E-state index contributed by atoms with van der Waals surface area (Å²) in [5.41, 5.74) is 1.62. The summed E-state index contributed by atoms with van der Waals surface area (Å²) in [6, 6.07) is 11.5. The van der Waals surface area contributed by atoms with Crippen LogP contribution in [-0.2, 0) is 34.3 Å². The molecule has 0 fully saturated rings. The molecule has 11 heteroatoms. The molecular weight excluding hydrogens is 434 g/mol. The van der Waals surface area contributed by atoms with Gasteiger partial charge in [0.1, 0.15) is 11.3 Å². The maximum atomic E-state index is 13.3. The van der Waals surface area contributed by atoms with Crippen molar-refractivity contribution in [2.24, 2.45) is 0 Å². The molecular formula is C21H23N5O5S. The number of nitrogens with zero attached hydrogens (tertiary/aromatic N) is 5. The molecule has 0 unspecified atom stereocenters. The maximum Gasteiger partial charge on any atom is 0.342 e. The number of aromatic nitrogens is 4. The van der Waals surface area contributed by atoms with Gasteiger partial charge in [-0.3, -0.25) is 4.31 Å². The molecule has 0 saturated heterocycles. The molecule has 0 bridgehead atoms. The van der Waals surface area contributed by atoms with Crippen molar-refractivity contribution in [3.05, 3.63) is 59.4 Å². The number of hydrogen-bond acceptors (Lipinski definition) is 8. The predicted octanol–water partition coefficient (Wildman–Crippen LogP) is 2.20. The van der Waals surface area contributed by atoms with E-state index in [4.69, 9.17) is 9.47 Å². The Bertz CT molecular complexity index is 1240. The molecule has 2 heterocycles. The van der Waals surface area contributed by atoms with Crippen molar-refractivity contribution in [2.45, 2.75) is 37.8 Å². The van der Waals surface area contributed by atoms with Crippen LogP contribution in [0.1, 0.15) is 35.1 Å². The molecule has 1 aliphatic rings. The Morgan fingerprint density at radius 3 is 2.78 bits per heavy atom. The number of methoxy groups -OCH3 is 1. The van der Waals surface area contributed by atoms with Gasteiger partial charge in [0.2, 0.25) is 0 Å². The summed E-state index contributed by atoms with van der Waals surface area (Å²) >= 11 is 0. The van der Waals surface area contributed by atoms with Gasteiger partial charge in [0.05, 0.1) is 17.7 Å². The molecule has 10 nitrogen and oxygen atoms in total. The molecule has 1 aliphatic heterocycles. The number of carbonyl (C=O) groups is 1. The Morgan fingerprint density at radius 2 is 2.00 bits per heavy atom. The Labute approximate surface area is 185 Å². The van der Waals surface area contributed by atoms with Crippen LogP contribution < -0.4 is 9.04 Å². The van der Waals surface area contributed by atoms with E-state index in [9.17, 15) is 13.2 Å². The lowest BCUT2D eigenvalue weighted by Gasteiger charge is -2.20. The third-order valence-electron chi connectivity index (χ3n) is 5.20. The third-order valence-corrected chi connectivity index (χ3v) is 7.01. The van der Waals surface area contributed by atoms with Crippen molar-refractivity contribution < 1.29 is 22.7 Å². The summed E-state index contributed by atoms with van der Waals surface area (Å²) in [6.07, 6.45) is 1.45. The Kier molecular flexibility index (Phi) is 6.08. The zero-order chi connectivity index (χ0) is 22.7. The standard InChI is InChI=1S/C21H23N5O5S/c1-3-11-25-20(22-23-24-25)14-31-21(27)17-13-16(8-9-19(17)30-2)32(28,29)26-12-10-15-6-4-5-7-18(15)26/h4-9,13H,3,10-12,14H2,1-2H3.